The fourth-order valence-electron chi connectivity index (χ4n) is 2.20. The molecule has 0 fully saturated rings. The van der Waals surface area contributed by atoms with Gasteiger partial charge in [0.1, 0.15) is 17.3 Å². The van der Waals surface area contributed by atoms with Gasteiger partial charge >= 0.3 is 0 Å². The molecule has 0 unspecified atom stereocenters. The highest BCUT2D eigenvalue weighted by molar-refractivity contribution is 5.63. The Labute approximate surface area is 123 Å². The molecule has 0 aromatic heterocycles. The van der Waals surface area contributed by atoms with Gasteiger partial charge in [-0.3, -0.25) is 0 Å². The molecule has 112 valence electrons. The summed E-state index contributed by atoms with van der Waals surface area (Å²) < 4.78 is 24.5. The molecule has 21 heavy (non-hydrogen) atoms. The maximum atomic E-state index is 14.1. The number of para-hydroxylation sites is 1. The monoisotopic (exact) mass is 290 g/mol. The van der Waals surface area contributed by atoms with Crippen LogP contribution in [0.4, 0.5) is 15.8 Å². The van der Waals surface area contributed by atoms with Crippen LogP contribution in [0, 0.1) is 5.82 Å². The van der Waals surface area contributed by atoms with Crippen LogP contribution in [-0.2, 0) is 6.54 Å². The first kappa shape index (κ1) is 15.0. The molecule has 2 rings (SSSR count). The quantitative estimate of drug-likeness (QED) is 0.860. The zero-order valence-electron chi connectivity index (χ0n) is 12.4. The largest absolute Gasteiger partial charge is 0.496 e. The molecule has 4 nitrogen and oxygen atoms in total. The lowest BCUT2D eigenvalue weighted by Crippen LogP contribution is -2.18. The number of nitrogens with zero attached hydrogens (tertiary/aromatic N) is 1. The summed E-state index contributed by atoms with van der Waals surface area (Å²) in [6, 6.07) is 10.5. The van der Waals surface area contributed by atoms with Crippen LogP contribution in [0.15, 0.2) is 36.4 Å². The highest BCUT2D eigenvalue weighted by Gasteiger charge is 2.14. The maximum Gasteiger partial charge on any atom is 0.148 e. The number of rotatable bonds is 5. The van der Waals surface area contributed by atoms with Gasteiger partial charge in [-0.2, -0.15) is 0 Å². The predicted octanol–water partition coefficient (Wildman–Crippen LogP) is 3.06. The lowest BCUT2D eigenvalue weighted by molar-refractivity contribution is 0.409. The second-order valence-corrected chi connectivity index (χ2v) is 4.71. The number of benzene rings is 2. The number of anilines is 2. The third kappa shape index (κ3) is 3.18. The van der Waals surface area contributed by atoms with E-state index in [0.717, 1.165) is 11.3 Å². The number of hydrogen-bond donors (Lipinski definition) is 1. The van der Waals surface area contributed by atoms with Gasteiger partial charge in [0.25, 0.3) is 0 Å². The van der Waals surface area contributed by atoms with Crippen LogP contribution < -0.4 is 20.1 Å². The Morgan fingerprint density at radius 2 is 1.76 bits per heavy atom. The number of ether oxygens (including phenoxy) is 2. The third-order valence-electron chi connectivity index (χ3n) is 3.31. The first-order valence-corrected chi connectivity index (χ1v) is 6.53. The lowest BCUT2D eigenvalue weighted by atomic mass is 10.1. The predicted molar refractivity (Wildman–Crippen MR) is 82.5 cm³/mol. The molecule has 0 bridgehead atoms. The van der Waals surface area contributed by atoms with Gasteiger partial charge in [0.05, 0.1) is 25.6 Å². The van der Waals surface area contributed by atoms with Gasteiger partial charge in [0.2, 0.25) is 0 Å². The van der Waals surface area contributed by atoms with Crippen molar-refractivity contribution in [1.29, 1.82) is 0 Å². The Bertz CT molecular complexity index is 632. The number of nitrogen functional groups attached to an aromatic ring is 1. The molecule has 0 spiro atoms. The van der Waals surface area contributed by atoms with Crippen LogP contribution in [0.5, 0.6) is 11.5 Å². The minimum absolute atomic E-state index is 0.282. The summed E-state index contributed by atoms with van der Waals surface area (Å²) >= 11 is 0. The van der Waals surface area contributed by atoms with E-state index in [-0.39, 0.29) is 11.5 Å². The summed E-state index contributed by atoms with van der Waals surface area (Å²) in [5.41, 5.74) is 7.37. The smallest absolute Gasteiger partial charge is 0.148 e. The fraction of sp³-hybridized carbons (Fsp3) is 0.250. The summed E-state index contributed by atoms with van der Waals surface area (Å²) in [5, 5.41) is 0. The third-order valence-corrected chi connectivity index (χ3v) is 3.31. The van der Waals surface area contributed by atoms with Crippen molar-refractivity contribution in [3.8, 4) is 11.5 Å². The number of nitrogens with two attached hydrogens (primary N) is 1. The fourth-order valence-corrected chi connectivity index (χ4v) is 2.20. The molecule has 0 radical (unpaired) electrons. The van der Waals surface area contributed by atoms with Crippen molar-refractivity contribution >= 4 is 11.4 Å². The molecule has 0 saturated heterocycles. The van der Waals surface area contributed by atoms with Gasteiger partial charge in [-0.1, -0.05) is 18.2 Å². The minimum atomic E-state index is -0.384. The van der Waals surface area contributed by atoms with Crippen LogP contribution in [0.25, 0.3) is 0 Å². The number of hydrogen-bond acceptors (Lipinski definition) is 4. The standard InChI is InChI=1S/C16H19FN2O2/c1-19(10-11-6-4-5-7-15(11)20-2)14-9-16(21-3)13(18)8-12(14)17/h4-9H,10,18H2,1-3H3. The van der Waals surface area contributed by atoms with Gasteiger partial charge in [-0.15, -0.1) is 0 Å². The van der Waals surface area contributed by atoms with Crippen molar-refractivity contribution in [1.82, 2.24) is 0 Å². The normalized spacial score (nSPS) is 10.3. The molecule has 2 aromatic rings. The summed E-state index contributed by atoms with van der Waals surface area (Å²) in [6.45, 7) is 0.508. The van der Waals surface area contributed by atoms with E-state index in [4.69, 9.17) is 15.2 Å². The SMILES string of the molecule is COc1cc(N(C)Cc2ccccc2OC)c(F)cc1N. The average Bonchev–Trinajstić information content (AvgIpc) is 2.47. The van der Waals surface area contributed by atoms with Crippen LogP contribution >= 0.6 is 0 Å². The molecule has 0 amide bonds. The van der Waals surface area contributed by atoms with Gasteiger partial charge in [-0.25, -0.2) is 4.39 Å². The summed E-state index contributed by atoms with van der Waals surface area (Å²) in [7, 11) is 4.93. The summed E-state index contributed by atoms with van der Waals surface area (Å²) in [5.74, 6) is 0.844. The molecule has 2 N–H and O–H groups in total. The van der Waals surface area contributed by atoms with E-state index in [1.54, 1.807) is 25.1 Å². The second kappa shape index (κ2) is 6.35. The lowest BCUT2D eigenvalue weighted by Gasteiger charge is -2.22. The van der Waals surface area contributed by atoms with E-state index >= 15 is 0 Å². The highest BCUT2D eigenvalue weighted by atomic mass is 19.1. The van der Waals surface area contributed by atoms with E-state index in [2.05, 4.69) is 0 Å². The van der Waals surface area contributed by atoms with Crippen molar-refractivity contribution in [3.63, 3.8) is 0 Å². The first-order chi connectivity index (χ1) is 10.1. The topological polar surface area (TPSA) is 47.7 Å². The molecule has 2 aromatic carbocycles. The highest BCUT2D eigenvalue weighted by Crippen LogP contribution is 2.31. The van der Waals surface area contributed by atoms with Gasteiger partial charge < -0.3 is 20.1 Å². The van der Waals surface area contributed by atoms with E-state index in [1.165, 1.54) is 13.2 Å². The Balaban J connectivity index is 2.30. The van der Waals surface area contributed by atoms with Crippen LogP contribution in [0.3, 0.4) is 0 Å². The van der Waals surface area contributed by atoms with Gasteiger partial charge in [0, 0.05) is 31.3 Å². The van der Waals surface area contributed by atoms with Crippen molar-refractivity contribution in [2.24, 2.45) is 0 Å². The van der Waals surface area contributed by atoms with Crippen LogP contribution in [0.1, 0.15) is 5.56 Å². The molecule has 0 aliphatic rings. The van der Waals surface area contributed by atoms with Crippen molar-refractivity contribution in [2.75, 3.05) is 31.9 Å². The molecule has 0 atom stereocenters. The van der Waals surface area contributed by atoms with E-state index in [0.29, 0.717) is 18.0 Å². The van der Waals surface area contributed by atoms with E-state index in [1.807, 2.05) is 24.3 Å². The zero-order chi connectivity index (χ0) is 15.4. The van der Waals surface area contributed by atoms with Crippen molar-refractivity contribution in [3.05, 3.63) is 47.8 Å². The number of methoxy groups -OCH3 is 2. The number of halogens is 1. The maximum absolute atomic E-state index is 14.1. The van der Waals surface area contributed by atoms with Gasteiger partial charge in [0.15, 0.2) is 0 Å². The molecule has 0 aliphatic heterocycles. The van der Waals surface area contributed by atoms with Gasteiger partial charge in [-0.05, 0) is 6.07 Å². The minimum Gasteiger partial charge on any atom is -0.496 e. The van der Waals surface area contributed by atoms with E-state index in [9.17, 15) is 4.39 Å². The van der Waals surface area contributed by atoms with Crippen molar-refractivity contribution in [2.45, 2.75) is 6.54 Å². The van der Waals surface area contributed by atoms with Crippen LogP contribution in [-0.4, -0.2) is 21.3 Å². The van der Waals surface area contributed by atoms with E-state index < -0.39 is 0 Å². The van der Waals surface area contributed by atoms with Crippen LogP contribution in [0.2, 0.25) is 0 Å². The second-order valence-electron chi connectivity index (χ2n) is 4.71. The molecule has 0 aliphatic carbocycles. The zero-order valence-corrected chi connectivity index (χ0v) is 12.4. The average molecular weight is 290 g/mol. The molecule has 5 heteroatoms. The molecular weight excluding hydrogens is 271 g/mol. The Kier molecular flexibility index (Phi) is 4.52. The Morgan fingerprint density at radius 3 is 2.43 bits per heavy atom. The molecule has 0 saturated carbocycles. The Hall–Kier alpha value is -2.43. The summed E-state index contributed by atoms with van der Waals surface area (Å²) in [6.07, 6.45) is 0. The molecule has 0 heterocycles. The van der Waals surface area contributed by atoms with Crippen molar-refractivity contribution < 1.29 is 13.9 Å². The Morgan fingerprint density at radius 1 is 1.10 bits per heavy atom. The molecular formula is C16H19FN2O2. The first-order valence-electron chi connectivity index (χ1n) is 6.53. The summed E-state index contributed by atoms with van der Waals surface area (Å²) in [4.78, 5) is 1.79.